The lowest BCUT2D eigenvalue weighted by atomic mass is 9.90. The van der Waals surface area contributed by atoms with Crippen molar-refractivity contribution in [1.29, 1.82) is 0 Å². The zero-order valence-electron chi connectivity index (χ0n) is 26.4. The average Bonchev–Trinajstić information content (AvgIpc) is 2.98. The summed E-state index contributed by atoms with van der Waals surface area (Å²) in [6, 6.07) is 20.4. The summed E-state index contributed by atoms with van der Waals surface area (Å²) >= 11 is 0. The van der Waals surface area contributed by atoms with Gasteiger partial charge >= 0.3 is 0 Å². The third-order valence-corrected chi connectivity index (χ3v) is 8.54. The van der Waals surface area contributed by atoms with Gasteiger partial charge in [-0.3, -0.25) is 9.98 Å². The highest BCUT2D eigenvalue weighted by molar-refractivity contribution is 6.04. The van der Waals surface area contributed by atoms with Crippen LogP contribution in [0.25, 0.3) is 10.8 Å². The fourth-order valence-corrected chi connectivity index (χ4v) is 5.32. The molecule has 4 aromatic carbocycles. The van der Waals surface area contributed by atoms with Gasteiger partial charge in [0.05, 0.1) is 11.4 Å². The molecule has 42 heavy (non-hydrogen) atoms. The Hall–Kier alpha value is -3.92. The van der Waals surface area contributed by atoms with Crippen molar-refractivity contribution in [2.75, 3.05) is 0 Å². The first-order chi connectivity index (χ1) is 20.0. The van der Waals surface area contributed by atoms with Crippen molar-refractivity contribution in [3.63, 3.8) is 0 Å². The van der Waals surface area contributed by atoms with Gasteiger partial charge in [0, 0.05) is 28.9 Å². The Morgan fingerprint density at radius 2 is 1.02 bits per heavy atom. The summed E-state index contributed by atoms with van der Waals surface area (Å²) in [5.74, 6) is 1.76. The maximum absolute atomic E-state index is 11.1. The van der Waals surface area contributed by atoms with E-state index in [-0.39, 0.29) is 23.3 Å². The molecule has 2 atom stereocenters. The van der Waals surface area contributed by atoms with Crippen LogP contribution in [0.15, 0.2) is 70.6 Å². The van der Waals surface area contributed by atoms with E-state index in [1.165, 1.54) is 11.1 Å². The zero-order chi connectivity index (χ0) is 30.6. The molecule has 2 unspecified atom stereocenters. The second kappa shape index (κ2) is 13.4. The fourth-order valence-electron chi connectivity index (χ4n) is 5.32. The number of phenolic OH excluding ortho intramolecular Hbond substituents is 2. The molecule has 0 saturated heterocycles. The van der Waals surface area contributed by atoms with Gasteiger partial charge in [-0.1, -0.05) is 91.8 Å². The molecule has 0 fully saturated rings. The molecule has 4 nitrogen and oxygen atoms in total. The Balaban J connectivity index is 1.82. The molecular formula is C38H46N2O2. The quantitative estimate of drug-likeness (QED) is 0.189. The lowest BCUT2D eigenvalue weighted by Crippen LogP contribution is -1.99. The van der Waals surface area contributed by atoms with Gasteiger partial charge in [0.2, 0.25) is 0 Å². The van der Waals surface area contributed by atoms with Gasteiger partial charge in [0.1, 0.15) is 11.5 Å². The third-order valence-electron chi connectivity index (χ3n) is 8.54. The largest absolute Gasteiger partial charge is 0.507 e. The van der Waals surface area contributed by atoms with Crippen LogP contribution in [0.1, 0.15) is 125 Å². The molecule has 0 aliphatic rings. The molecule has 0 bridgehead atoms. The Morgan fingerprint density at radius 3 is 1.38 bits per heavy atom. The minimum Gasteiger partial charge on any atom is -0.507 e. The van der Waals surface area contributed by atoms with Crippen LogP contribution < -0.4 is 0 Å². The SMILES string of the molecule is CCC(C)c1cc(C=Nc2cccc3cccc(N=Cc4cc(C(C)CC)cc(C(C)C)c4O)c23)c(O)c(C(C)C)c1. The van der Waals surface area contributed by atoms with Gasteiger partial charge in [-0.15, -0.1) is 0 Å². The van der Waals surface area contributed by atoms with Crippen LogP contribution in [0.2, 0.25) is 0 Å². The fraction of sp³-hybridized carbons (Fsp3) is 0.368. The van der Waals surface area contributed by atoms with Crippen molar-refractivity contribution in [3.05, 3.63) is 94.0 Å². The molecule has 4 heteroatoms. The highest BCUT2D eigenvalue weighted by Gasteiger charge is 2.16. The molecular weight excluding hydrogens is 516 g/mol. The maximum atomic E-state index is 11.1. The minimum atomic E-state index is 0.200. The smallest absolute Gasteiger partial charge is 0.127 e. The van der Waals surface area contributed by atoms with E-state index >= 15 is 0 Å². The molecule has 0 aromatic heterocycles. The van der Waals surface area contributed by atoms with Crippen LogP contribution in [0.5, 0.6) is 11.5 Å². The topological polar surface area (TPSA) is 65.2 Å². The Kier molecular flexibility index (Phi) is 9.88. The molecule has 2 N–H and O–H groups in total. The van der Waals surface area contributed by atoms with Crippen LogP contribution in [0.4, 0.5) is 11.4 Å². The lowest BCUT2D eigenvalue weighted by Gasteiger charge is -2.17. The van der Waals surface area contributed by atoms with Gasteiger partial charge in [-0.05, 0) is 88.4 Å². The van der Waals surface area contributed by atoms with Gasteiger partial charge in [-0.2, -0.15) is 0 Å². The number of benzene rings is 4. The van der Waals surface area contributed by atoms with Crippen LogP contribution in [-0.2, 0) is 0 Å². The lowest BCUT2D eigenvalue weighted by molar-refractivity contribution is 0.463. The highest BCUT2D eigenvalue weighted by Crippen LogP contribution is 2.38. The van der Waals surface area contributed by atoms with Crippen LogP contribution in [-0.4, -0.2) is 22.6 Å². The summed E-state index contributed by atoms with van der Waals surface area (Å²) in [7, 11) is 0. The predicted molar refractivity (Wildman–Crippen MR) is 180 cm³/mol. The summed E-state index contributed by atoms with van der Waals surface area (Å²) in [4.78, 5) is 9.81. The van der Waals surface area contributed by atoms with Crippen molar-refractivity contribution < 1.29 is 10.2 Å². The highest BCUT2D eigenvalue weighted by atomic mass is 16.3. The molecule has 0 radical (unpaired) electrons. The molecule has 0 amide bonds. The number of nitrogens with zero attached hydrogens (tertiary/aromatic N) is 2. The van der Waals surface area contributed by atoms with E-state index in [1.807, 2.05) is 24.3 Å². The van der Waals surface area contributed by atoms with E-state index in [9.17, 15) is 10.2 Å². The summed E-state index contributed by atoms with van der Waals surface area (Å²) in [5, 5.41) is 24.2. The Labute approximate surface area is 251 Å². The van der Waals surface area contributed by atoms with Crippen molar-refractivity contribution in [2.24, 2.45) is 9.98 Å². The van der Waals surface area contributed by atoms with Crippen molar-refractivity contribution >= 4 is 34.6 Å². The van der Waals surface area contributed by atoms with Crippen LogP contribution in [0, 0.1) is 0 Å². The van der Waals surface area contributed by atoms with E-state index in [0.29, 0.717) is 11.8 Å². The Bertz CT molecular complexity index is 1500. The zero-order valence-corrected chi connectivity index (χ0v) is 26.4. The monoisotopic (exact) mass is 562 g/mol. The number of phenols is 2. The van der Waals surface area contributed by atoms with E-state index in [1.54, 1.807) is 12.4 Å². The third kappa shape index (κ3) is 6.59. The summed E-state index contributed by atoms with van der Waals surface area (Å²) in [6.07, 6.45) is 5.60. The van der Waals surface area contributed by atoms with Gasteiger partial charge in [0.15, 0.2) is 0 Å². The average molecular weight is 563 g/mol. The van der Waals surface area contributed by atoms with Crippen molar-refractivity contribution in [1.82, 2.24) is 0 Å². The van der Waals surface area contributed by atoms with Crippen LogP contribution in [0.3, 0.4) is 0 Å². The molecule has 0 spiro atoms. The second-order valence-electron chi connectivity index (χ2n) is 12.2. The van der Waals surface area contributed by atoms with E-state index in [2.05, 4.69) is 91.8 Å². The number of aromatic hydroxyl groups is 2. The molecule has 0 aliphatic carbocycles. The molecule has 0 heterocycles. The van der Waals surface area contributed by atoms with E-state index in [0.717, 1.165) is 57.2 Å². The standard InChI is InChI=1S/C38H46N2O2/c1-9-25(7)28-17-30(37(41)32(19-28)23(3)4)21-39-34-15-11-13-27-14-12-16-35(36(27)34)40-22-31-18-29(26(8)10-2)20-33(24(5)6)38(31)42/h11-26,41-42H,9-10H2,1-8H3. The summed E-state index contributed by atoms with van der Waals surface area (Å²) in [6.45, 7) is 17.2. The number of aliphatic imine (C=N–C) groups is 2. The second-order valence-corrected chi connectivity index (χ2v) is 12.2. The molecule has 0 saturated carbocycles. The number of fused-ring (bicyclic) bond motifs is 1. The first-order valence-electron chi connectivity index (χ1n) is 15.4. The van der Waals surface area contributed by atoms with Crippen molar-refractivity contribution in [2.45, 2.75) is 91.9 Å². The normalized spacial score (nSPS) is 13.7. The van der Waals surface area contributed by atoms with E-state index in [4.69, 9.17) is 9.98 Å². The van der Waals surface area contributed by atoms with Crippen molar-refractivity contribution in [3.8, 4) is 11.5 Å². The molecule has 4 rings (SSSR count). The molecule has 0 aliphatic heterocycles. The van der Waals surface area contributed by atoms with Gasteiger partial charge in [0.25, 0.3) is 0 Å². The first kappa shape index (κ1) is 31.0. The summed E-state index contributed by atoms with van der Waals surface area (Å²) in [5.41, 5.74) is 7.31. The summed E-state index contributed by atoms with van der Waals surface area (Å²) < 4.78 is 0. The predicted octanol–water partition coefficient (Wildman–Crippen LogP) is 11.0. The number of hydrogen-bond acceptors (Lipinski definition) is 4. The molecule has 220 valence electrons. The van der Waals surface area contributed by atoms with Gasteiger partial charge in [-0.25, -0.2) is 0 Å². The minimum absolute atomic E-state index is 0.200. The number of hydrogen-bond donors (Lipinski definition) is 2. The Morgan fingerprint density at radius 1 is 0.619 bits per heavy atom. The number of rotatable bonds is 10. The van der Waals surface area contributed by atoms with E-state index < -0.39 is 0 Å². The first-order valence-corrected chi connectivity index (χ1v) is 15.4. The van der Waals surface area contributed by atoms with Crippen LogP contribution >= 0.6 is 0 Å². The maximum Gasteiger partial charge on any atom is 0.127 e. The molecule has 4 aromatic rings. The van der Waals surface area contributed by atoms with Gasteiger partial charge < -0.3 is 10.2 Å².